The molecule has 0 saturated carbocycles. The molecule has 20 heavy (non-hydrogen) atoms. The van der Waals surface area contributed by atoms with Crippen LogP contribution in [0.15, 0.2) is 23.1 Å². The summed E-state index contributed by atoms with van der Waals surface area (Å²) in [5.41, 5.74) is 5.60. The maximum absolute atomic E-state index is 13.4. The molecule has 0 aliphatic carbocycles. The van der Waals surface area contributed by atoms with Crippen molar-refractivity contribution in [3.63, 3.8) is 0 Å². The van der Waals surface area contributed by atoms with Crippen molar-refractivity contribution in [2.45, 2.75) is 17.9 Å². The van der Waals surface area contributed by atoms with Crippen LogP contribution in [-0.2, 0) is 16.6 Å². The van der Waals surface area contributed by atoms with E-state index in [1.54, 1.807) is 0 Å². The molecule has 2 N–H and O–H groups in total. The van der Waals surface area contributed by atoms with Crippen molar-refractivity contribution in [3.8, 4) is 0 Å². The number of nitrogens with zero attached hydrogens (tertiary/aromatic N) is 2. The van der Waals surface area contributed by atoms with Crippen LogP contribution in [0.1, 0.15) is 12.0 Å². The lowest BCUT2D eigenvalue weighted by Crippen LogP contribution is -2.30. The first kappa shape index (κ1) is 17.0. The van der Waals surface area contributed by atoms with Gasteiger partial charge in [0.1, 0.15) is 5.82 Å². The maximum Gasteiger partial charge on any atom is 0.242 e. The van der Waals surface area contributed by atoms with Crippen molar-refractivity contribution in [2.24, 2.45) is 5.73 Å². The molecule has 0 aliphatic heterocycles. The Morgan fingerprint density at radius 2 is 1.85 bits per heavy atom. The van der Waals surface area contributed by atoms with Crippen LogP contribution in [0, 0.1) is 5.82 Å². The normalized spacial score (nSPS) is 12.3. The van der Waals surface area contributed by atoms with E-state index in [1.807, 2.05) is 19.0 Å². The standard InChI is InChI=1S/C13H22FN3O2S/c1-16(2)7-4-8-17(3)20(18,19)12-5-6-13(14)11(9-12)10-15/h5-6,9H,4,7-8,10,15H2,1-3H3. The molecule has 0 aliphatic rings. The Kier molecular flexibility index (Phi) is 6.07. The van der Waals surface area contributed by atoms with Crippen LogP contribution >= 0.6 is 0 Å². The van der Waals surface area contributed by atoms with E-state index in [4.69, 9.17) is 5.73 Å². The van der Waals surface area contributed by atoms with Crippen molar-refractivity contribution in [1.29, 1.82) is 0 Å². The van der Waals surface area contributed by atoms with Crippen LogP contribution in [0.5, 0.6) is 0 Å². The lowest BCUT2D eigenvalue weighted by molar-refractivity contribution is 0.370. The summed E-state index contributed by atoms with van der Waals surface area (Å²) in [5.74, 6) is -0.485. The summed E-state index contributed by atoms with van der Waals surface area (Å²) in [6.07, 6.45) is 0.730. The molecule has 0 unspecified atom stereocenters. The Labute approximate surface area is 120 Å². The number of rotatable bonds is 7. The van der Waals surface area contributed by atoms with Crippen LogP contribution in [-0.4, -0.2) is 51.9 Å². The van der Waals surface area contributed by atoms with Crippen molar-refractivity contribution in [3.05, 3.63) is 29.6 Å². The average molecular weight is 303 g/mol. The number of hydrogen-bond donors (Lipinski definition) is 1. The topological polar surface area (TPSA) is 66.6 Å². The lowest BCUT2D eigenvalue weighted by atomic mass is 10.2. The highest BCUT2D eigenvalue weighted by Gasteiger charge is 2.21. The molecule has 0 heterocycles. The van der Waals surface area contributed by atoms with E-state index < -0.39 is 15.8 Å². The molecule has 1 rings (SSSR count). The van der Waals surface area contributed by atoms with E-state index >= 15 is 0 Å². The second-order valence-electron chi connectivity index (χ2n) is 4.94. The summed E-state index contributed by atoms with van der Waals surface area (Å²) < 4.78 is 39.3. The molecule has 0 amide bonds. The molecular weight excluding hydrogens is 281 g/mol. The lowest BCUT2D eigenvalue weighted by Gasteiger charge is -2.19. The van der Waals surface area contributed by atoms with E-state index in [9.17, 15) is 12.8 Å². The minimum Gasteiger partial charge on any atom is -0.326 e. The van der Waals surface area contributed by atoms with Crippen LogP contribution in [0.25, 0.3) is 0 Å². The summed E-state index contributed by atoms with van der Waals surface area (Å²) >= 11 is 0. The van der Waals surface area contributed by atoms with E-state index in [0.29, 0.717) is 6.54 Å². The second-order valence-corrected chi connectivity index (χ2v) is 6.99. The number of halogens is 1. The van der Waals surface area contributed by atoms with Crippen molar-refractivity contribution >= 4 is 10.0 Å². The fourth-order valence-corrected chi connectivity index (χ4v) is 3.04. The zero-order valence-electron chi connectivity index (χ0n) is 12.1. The Balaban J connectivity index is 2.87. The van der Waals surface area contributed by atoms with Crippen LogP contribution in [0.3, 0.4) is 0 Å². The van der Waals surface area contributed by atoms with Gasteiger partial charge in [0.25, 0.3) is 0 Å². The zero-order chi connectivity index (χ0) is 15.3. The largest absolute Gasteiger partial charge is 0.326 e. The number of benzene rings is 1. The maximum atomic E-state index is 13.4. The molecule has 1 aromatic rings. The Morgan fingerprint density at radius 3 is 2.40 bits per heavy atom. The van der Waals surface area contributed by atoms with Crippen LogP contribution in [0.2, 0.25) is 0 Å². The molecule has 5 nitrogen and oxygen atoms in total. The molecule has 114 valence electrons. The smallest absolute Gasteiger partial charge is 0.242 e. The Morgan fingerprint density at radius 1 is 1.20 bits per heavy atom. The number of nitrogens with two attached hydrogens (primary N) is 1. The van der Waals surface area contributed by atoms with Gasteiger partial charge >= 0.3 is 0 Å². The summed E-state index contributed by atoms with van der Waals surface area (Å²) in [6, 6.07) is 3.71. The summed E-state index contributed by atoms with van der Waals surface area (Å²) in [6.45, 7) is 1.19. The number of hydrogen-bond acceptors (Lipinski definition) is 4. The Bertz CT molecular complexity index is 547. The van der Waals surface area contributed by atoms with Gasteiger partial charge in [-0.2, -0.15) is 0 Å². The first-order valence-corrected chi connectivity index (χ1v) is 7.82. The SMILES string of the molecule is CN(C)CCCN(C)S(=O)(=O)c1ccc(F)c(CN)c1. The van der Waals surface area contributed by atoms with E-state index in [-0.39, 0.29) is 17.0 Å². The molecule has 0 spiro atoms. The highest BCUT2D eigenvalue weighted by atomic mass is 32.2. The minimum absolute atomic E-state index is 0.0282. The first-order valence-electron chi connectivity index (χ1n) is 6.38. The predicted molar refractivity (Wildman–Crippen MR) is 77.3 cm³/mol. The first-order chi connectivity index (χ1) is 9.28. The molecule has 0 bridgehead atoms. The van der Waals surface area contributed by atoms with Crippen LogP contribution in [0.4, 0.5) is 4.39 Å². The van der Waals surface area contributed by atoms with Gasteiger partial charge in [-0.05, 0) is 45.3 Å². The van der Waals surface area contributed by atoms with Gasteiger partial charge in [0.2, 0.25) is 10.0 Å². The number of sulfonamides is 1. The third-order valence-corrected chi connectivity index (χ3v) is 4.88. The van der Waals surface area contributed by atoms with Gasteiger partial charge in [0.05, 0.1) is 4.90 Å². The zero-order valence-corrected chi connectivity index (χ0v) is 13.0. The van der Waals surface area contributed by atoms with Crippen molar-refractivity contribution in [2.75, 3.05) is 34.2 Å². The summed E-state index contributed by atoms with van der Waals surface area (Å²) in [4.78, 5) is 2.07. The highest BCUT2D eigenvalue weighted by Crippen LogP contribution is 2.18. The summed E-state index contributed by atoms with van der Waals surface area (Å²) in [5, 5.41) is 0. The van der Waals surface area contributed by atoms with Crippen molar-refractivity contribution in [1.82, 2.24) is 9.21 Å². The van der Waals surface area contributed by atoms with Gasteiger partial charge in [-0.25, -0.2) is 17.1 Å². The molecule has 1 aromatic carbocycles. The van der Waals surface area contributed by atoms with Crippen LogP contribution < -0.4 is 5.73 Å². The van der Waals surface area contributed by atoms with E-state index in [2.05, 4.69) is 0 Å². The van der Waals surface area contributed by atoms with Gasteiger partial charge in [-0.3, -0.25) is 0 Å². The van der Waals surface area contributed by atoms with E-state index in [0.717, 1.165) is 19.0 Å². The molecule has 7 heteroatoms. The quantitative estimate of drug-likeness (QED) is 0.811. The fraction of sp³-hybridized carbons (Fsp3) is 0.538. The summed E-state index contributed by atoms with van der Waals surface area (Å²) in [7, 11) is 1.80. The molecule has 0 aromatic heterocycles. The van der Waals surface area contributed by atoms with Crippen molar-refractivity contribution < 1.29 is 12.8 Å². The molecule has 0 fully saturated rings. The second kappa shape index (κ2) is 7.12. The molecule has 0 radical (unpaired) electrons. The van der Waals surface area contributed by atoms with Gasteiger partial charge in [0.15, 0.2) is 0 Å². The average Bonchev–Trinajstić information content (AvgIpc) is 2.38. The third kappa shape index (κ3) is 4.24. The van der Waals surface area contributed by atoms with Gasteiger partial charge in [-0.1, -0.05) is 0 Å². The molecule has 0 saturated heterocycles. The van der Waals surface area contributed by atoms with Gasteiger partial charge in [-0.15, -0.1) is 0 Å². The molecule has 0 atom stereocenters. The van der Waals surface area contributed by atoms with E-state index in [1.165, 1.54) is 23.5 Å². The fourth-order valence-electron chi connectivity index (χ4n) is 1.78. The Hall–Kier alpha value is -1.02. The third-order valence-electron chi connectivity index (χ3n) is 3.02. The van der Waals surface area contributed by atoms with Gasteiger partial charge < -0.3 is 10.6 Å². The molecular formula is C13H22FN3O2S. The van der Waals surface area contributed by atoms with Gasteiger partial charge in [0, 0.05) is 25.7 Å². The predicted octanol–water partition coefficient (Wildman–Crippen LogP) is 0.857. The highest BCUT2D eigenvalue weighted by molar-refractivity contribution is 7.89. The monoisotopic (exact) mass is 303 g/mol. The minimum atomic E-state index is -3.59.